The first kappa shape index (κ1) is 14.7. The van der Waals surface area contributed by atoms with Crippen molar-refractivity contribution in [1.82, 2.24) is 0 Å². The van der Waals surface area contributed by atoms with Crippen LogP contribution in [0.25, 0.3) is 0 Å². The molecule has 2 rings (SSSR count). The van der Waals surface area contributed by atoms with Crippen LogP contribution < -0.4 is 0 Å². The zero-order valence-electron chi connectivity index (χ0n) is 12.0. The lowest BCUT2D eigenvalue weighted by atomic mass is 9.33. The summed E-state index contributed by atoms with van der Waals surface area (Å²) in [7, 11) is 0. The van der Waals surface area contributed by atoms with E-state index in [0.29, 0.717) is 0 Å². The van der Waals surface area contributed by atoms with Crippen LogP contribution in [-0.2, 0) is 0 Å². The summed E-state index contributed by atoms with van der Waals surface area (Å²) in [4.78, 5) is 0. The maximum absolute atomic E-state index is 3.96. The first-order chi connectivity index (χ1) is 8.83. The molecule has 18 heavy (non-hydrogen) atoms. The van der Waals surface area contributed by atoms with Gasteiger partial charge in [-0.05, 0) is 10.8 Å². The number of allylic oxidation sites excluding steroid dienone is 1. The van der Waals surface area contributed by atoms with E-state index in [4.69, 9.17) is 0 Å². The van der Waals surface area contributed by atoms with Crippen LogP contribution in [0.5, 0.6) is 0 Å². The van der Waals surface area contributed by atoms with Crippen LogP contribution in [-0.4, -0.2) is 6.71 Å². The summed E-state index contributed by atoms with van der Waals surface area (Å²) in [5, 5.41) is 0. The fourth-order valence-electron chi connectivity index (χ4n) is 4.05. The minimum Gasteiger partial charge on any atom is -0.0833 e. The van der Waals surface area contributed by atoms with Gasteiger partial charge in [-0.1, -0.05) is 105 Å². The van der Waals surface area contributed by atoms with Crippen molar-refractivity contribution in [2.45, 2.75) is 89.2 Å². The first-order valence-corrected chi connectivity index (χ1v) is 8.97. The molecule has 2 heteroatoms. The lowest BCUT2D eigenvalue weighted by molar-refractivity contribution is 0.778. The van der Waals surface area contributed by atoms with E-state index in [1.165, 1.54) is 70.6 Å². The Kier molecular flexibility index (Phi) is 6.34. The Labute approximate surface area is 122 Å². The SMILES string of the molecule is CCCC/C=C(\Br)B(C1CCCC1)C1CCCC1. The van der Waals surface area contributed by atoms with E-state index in [-0.39, 0.29) is 0 Å². The Bertz CT molecular complexity index is 246. The zero-order valence-corrected chi connectivity index (χ0v) is 13.6. The second-order valence-corrected chi connectivity index (χ2v) is 7.26. The van der Waals surface area contributed by atoms with Crippen LogP contribution >= 0.6 is 15.9 Å². The van der Waals surface area contributed by atoms with Crippen LogP contribution in [0.4, 0.5) is 0 Å². The van der Waals surface area contributed by atoms with Gasteiger partial charge in [-0.15, -0.1) is 0 Å². The number of unbranched alkanes of at least 4 members (excludes halogenated alkanes) is 2. The second kappa shape index (κ2) is 7.77. The van der Waals surface area contributed by atoms with Gasteiger partial charge in [0.25, 0.3) is 0 Å². The van der Waals surface area contributed by atoms with Crippen molar-refractivity contribution < 1.29 is 0 Å². The van der Waals surface area contributed by atoms with E-state index in [0.717, 1.165) is 18.3 Å². The van der Waals surface area contributed by atoms with Gasteiger partial charge in [-0.2, -0.15) is 0 Å². The van der Waals surface area contributed by atoms with E-state index < -0.39 is 0 Å². The van der Waals surface area contributed by atoms with Crippen LogP contribution in [0.15, 0.2) is 10.5 Å². The quantitative estimate of drug-likeness (QED) is 0.394. The molecular formula is C16H28BBr. The Morgan fingerprint density at radius 2 is 1.56 bits per heavy atom. The Balaban J connectivity index is 2.00. The van der Waals surface area contributed by atoms with Gasteiger partial charge in [0.2, 0.25) is 0 Å². The third kappa shape index (κ3) is 3.89. The normalized spacial score (nSPS) is 22.9. The zero-order chi connectivity index (χ0) is 12.8. The molecule has 0 nitrogen and oxygen atoms in total. The van der Waals surface area contributed by atoms with Gasteiger partial charge in [-0.3, -0.25) is 0 Å². The fourth-order valence-corrected chi connectivity index (χ4v) is 5.02. The molecule has 2 saturated carbocycles. The molecule has 0 aromatic rings. The maximum Gasteiger partial charge on any atom is 0.191 e. The van der Waals surface area contributed by atoms with E-state index >= 15 is 0 Å². The highest BCUT2D eigenvalue weighted by atomic mass is 79.9. The van der Waals surface area contributed by atoms with Crippen molar-refractivity contribution in [1.29, 1.82) is 0 Å². The molecule has 0 N–H and O–H groups in total. The van der Waals surface area contributed by atoms with E-state index in [1.54, 1.807) is 4.38 Å². The number of halogens is 1. The van der Waals surface area contributed by atoms with Gasteiger partial charge in [0, 0.05) is 0 Å². The van der Waals surface area contributed by atoms with Gasteiger partial charge in [0.05, 0.1) is 0 Å². The lowest BCUT2D eigenvalue weighted by Crippen LogP contribution is -2.25. The third-order valence-electron chi connectivity index (χ3n) is 5.03. The van der Waals surface area contributed by atoms with Crippen LogP contribution in [0, 0.1) is 0 Å². The standard InChI is InChI=1S/C16H28BBr/c1-2-3-4-13-16(18)17(14-9-5-6-10-14)15-11-7-8-12-15/h13-15H,2-12H2,1H3/b16-13-. The molecule has 0 aliphatic heterocycles. The van der Waals surface area contributed by atoms with Crippen molar-refractivity contribution >= 4 is 22.6 Å². The molecule has 0 spiro atoms. The number of hydrogen-bond donors (Lipinski definition) is 0. The predicted octanol–water partition coefficient (Wildman–Crippen LogP) is 6.38. The molecule has 0 amide bonds. The minimum absolute atomic E-state index is 0.867. The summed E-state index contributed by atoms with van der Waals surface area (Å²) < 4.78 is 1.56. The van der Waals surface area contributed by atoms with Crippen LogP contribution in [0.1, 0.15) is 77.6 Å². The second-order valence-electron chi connectivity index (χ2n) is 6.35. The molecule has 0 saturated heterocycles. The van der Waals surface area contributed by atoms with Crippen molar-refractivity contribution in [3.05, 3.63) is 10.5 Å². The van der Waals surface area contributed by atoms with Crippen LogP contribution in [0.3, 0.4) is 0 Å². The number of rotatable bonds is 6. The highest BCUT2D eigenvalue weighted by Gasteiger charge is 2.37. The van der Waals surface area contributed by atoms with Gasteiger partial charge in [-0.25, -0.2) is 0 Å². The minimum atomic E-state index is 0.867. The van der Waals surface area contributed by atoms with E-state index in [1.807, 2.05) is 0 Å². The van der Waals surface area contributed by atoms with Crippen molar-refractivity contribution in [3.8, 4) is 0 Å². The summed E-state index contributed by atoms with van der Waals surface area (Å²) in [6, 6.07) is 0. The number of hydrogen-bond acceptors (Lipinski definition) is 0. The maximum atomic E-state index is 3.96. The molecule has 0 heterocycles. The molecule has 102 valence electrons. The molecule has 2 aliphatic carbocycles. The molecular weight excluding hydrogens is 283 g/mol. The first-order valence-electron chi connectivity index (χ1n) is 8.18. The lowest BCUT2D eigenvalue weighted by Gasteiger charge is -2.26. The monoisotopic (exact) mass is 310 g/mol. The van der Waals surface area contributed by atoms with Crippen LogP contribution in [0.2, 0.25) is 11.6 Å². The third-order valence-corrected chi connectivity index (χ3v) is 5.88. The van der Waals surface area contributed by atoms with Gasteiger partial charge < -0.3 is 0 Å². The van der Waals surface area contributed by atoms with Gasteiger partial charge >= 0.3 is 0 Å². The summed E-state index contributed by atoms with van der Waals surface area (Å²) in [6.07, 6.45) is 18.3. The molecule has 0 aromatic carbocycles. The molecule has 0 aromatic heterocycles. The summed E-state index contributed by atoms with van der Waals surface area (Å²) in [6.45, 7) is 3.15. The van der Waals surface area contributed by atoms with Gasteiger partial charge in [0.1, 0.15) is 0 Å². The highest BCUT2D eigenvalue weighted by molar-refractivity contribution is 9.12. The van der Waals surface area contributed by atoms with E-state index in [2.05, 4.69) is 28.9 Å². The van der Waals surface area contributed by atoms with E-state index in [9.17, 15) is 0 Å². The van der Waals surface area contributed by atoms with Gasteiger partial charge in [0.15, 0.2) is 6.71 Å². The van der Waals surface area contributed by atoms with Crippen molar-refractivity contribution in [3.63, 3.8) is 0 Å². The Morgan fingerprint density at radius 1 is 1.06 bits per heavy atom. The summed E-state index contributed by atoms with van der Waals surface area (Å²) in [5.41, 5.74) is 0. The average Bonchev–Trinajstić information content (AvgIpc) is 3.03. The molecule has 0 bridgehead atoms. The Morgan fingerprint density at radius 3 is 2.00 bits per heavy atom. The van der Waals surface area contributed by atoms with Crippen molar-refractivity contribution in [2.75, 3.05) is 0 Å². The molecule has 0 atom stereocenters. The summed E-state index contributed by atoms with van der Waals surface area (Å²) in [5.74, 6) is 1.97. The molecule has 0 unspecified atom stereocenters. The highest BCUT2D eigenvalue weighted by Crippen LogP contribution is 2.46. The fraction of sp³-hybridized carbons (Fsp3) is 0.875. The van der Waals surface area contributed by atoms with Crippen molar-refractivity contribution in [2.24, 2.45) is 0 Å². The molecule has 0 radical (unpaired) electrons. The largest absolute Gasteiger partial charge is 0.191 e. The predicted molar refractivity (Wildman–Crippen MR) is 86.7 cm³/mol. The Hall–Kier alpha value is 0.285. The average molecular weight is 311 g/mol. The summed E-state index contributed by atoms with van der Waals surface area (Å²) >= 11 is 3.96. The molecule has 2 fully saturated rings. The molecule has 2 aliphatic rings. The topological polar surface area (TPSA) is 0 Å². The smallest absolute Gasteiger partial charge is 0.0833 e.